The van der Waals surface area contributed by atoms with E-state index in [9.17, 15) is 0 Å². The Morgan fingerprint density at radius 3 is 1.15 bits per heavy atom. The molecule has 2 aromatic heterocycles. The molecule has 0 N–H and O–H groups in total. The van der Waals surface area contributed by atoms with Crippen LogP contribution in [0.15, 0.2) is 134 Å². The second-order valence-corrected chi connectivity index (χ2v) is 13.6. The summed E-state index contributed by atoms with van der Waals surface area (Å²) in [5, 5.41) is 5.08. The quantitative estimate of drug-likeness (QED) is 0.145. The molecule has 4 heterocycles. The largest absolute Gasteiger partial charge is 0.236 e. The second-order valence-electron chi connectivity index (χ2n) is 11.5. The minimum Gasteiger partial charge on any atom is -0.236 e. The SMILES string of the molecule is c1ccc(-c2ncc(-c3ccc4sc5ccc6c(-c7cnc(-c8ccccc8)nc7)ccc7sc8ccc3c4c8-c5c76)cn2)cc1. The molecule has 0 atom stereocenters. The summed E-state index contributed by atoms with van der Waals surface area (Å²) in [5.74, 6) is 1.47. The Hall–Kier alpha value is -5.56. The molecule has 0 spiro atoms. The van der Waals surface area contributed by atoms with E-state index in [1.54, 1.807) is 0 Å². The van der Waals surface area contributed by atoms with E-state index in [0.717, 1.165) is 45.0 Å². The Morgan fingerprint density at radius 2 is 0.739 bits per heavy atom. The van der Waals surface area contributed by atoms with Crippen molar-refractivity contribution in [2.24, 2.45) is 0 Å². The number of nitrogens with zero attached hydrogens (tertiary/aromatic N) is 4. The first-order valence-electron chi connectivity index (χ1n) is 15.1. The minimum atomic E-state index is 0.736. The fourth-order valence-corrected chi connectivity index (χ4v) is 9.03. The number of hydrogen-bond donors (Lipinski definition) is 0. The maximum Gasteiger partial charge on any atom is 0.159 e. The molecule has 6 heteroatoms. The zero-order chi connectivity index (χ0) is 30.2. The Kier molecular flexibility index (Phi) is 5.58. The highest BCUT2D eigenvalue weighted by Crippen LogP contribution is 2.53. The third-order valence-electron chi connectivity index (χ3n) is 8.89. The Labute approximate surface area is 272 Å². The van der Waals surface area contributed by atoms with Crippen LogP contribution < -0.4 is 0 Å². The summed E-state index contributed by atoms with van der Waals surface area (Å²) in [6.45, 7) is 0. The maximum atomic E-state index is 4.75. The monoisotopic (exact) mass is 622 g/mol. The van der Waals surface area contributed by atoms with Crippen LogP contribution in [0.4, 0.5) is 0 Å². The molecule has 0 radical (unpaired) electrons. The van der Waals surface area contributed by atoms with Gasteiger partial charge in [0, 0.05) is 87.7 Å². The predicted octanol–water partition coefficient (Wildman–Crippen LogP) is 11.2. The van der Waals surface area contributed by atoms with Gasteiger partial charge < -0.3 is 0 Å². The Bertz CT molecular complexity index is 2470. The van der Waals surface area contributed by atoms with E-state index in [4.69, 9.17) is 19.9 Å². The molecule has 0 aliphatic carbocycles. The van der Waals surface area contributed by atoms with Crippen molar-refractivity contribution in [1.29, 1.82) is 0 Å². The highest BCUT2D eigenvalue weighted by Gasteiger charge is 2.24. The van der Waals surface area contributed by atoms with Gasteiger partial charge in [0.2, 0.25) is 0 Å². The summed E-state index contributed by atoms with van der Waals surface area (Å²) < 4.78 is 5.17. The number of benzene rings is 6. The average molecular weight is 623 g/mol. The van der Waals surface area contributed by atoms with Gasteiger partial charge in [0.05, 0.1) is 0 Å². The van der Waals surface area contributed by atoms with Crippen molar-refractivity contribution in [2.75, 3.05) is 0 Å². The molecule has 0 fully saturated rings. The van der Waals surface area contributed by atoms with Gasteiger partial charge in [0.15, 0.2) is 11.6 Å². The topological polar surface area (TPSA) is 51.6 Å². The van der Waals surface area contributed by atoms with Crippen molar-refractivity contribution in [1.82, 2.24) is 19.9 Å². The molecule has 0 amide bonds. The van der Waals surface area contributed by atoms with E-state index in [0.29, 0.717) is 0 Å². The van der Waals surface area contributed by atoms with Crippen LogP contribution in [0.3, 0.4) is 0 Å². The van der Waals surface area contributed by atoms with Crippen molar-refractivity contribution >= 4 is 63.0 Å². The fourth-order valence-electron chi connectivity index (χ4n) is 6.78. The van der Waals surface area contributed by atoms with E-state index in [-0.39, 0.29) is 0 Å². The predicted molar refractivity (Wildman–Crippen MR) is 193 cm³/mol. The molecular formula is C40H22N4S2. The molecule has 6 aromatic carbocycles. The van der Waals surface area contributed by atoms with Gasteiger partial charge in [0.25, 0.3) is 0 Å². The molecule has 0 saturated carbocycles. The molecule has 0 saturated heterocycles. The molecule has 2 aliphatic heterocycles. The zero-order valence-electron chi connectivity index (χ0n) is 24.3. The lowest BCUT2D eigenvalue weighted by Crippen LogP contribution is -1.95. The minimum absolute atomic E-state index is 0.736. The average Bonchev–Trinajstić information content (AvgIpc) is 3.13. The van der Waals surface area contributed by atoms with Crippen LogP contribution in [0.2, 0.25) is 0 Å². The van der Waals surface area contributed by atoms with Gasteiger partial charge in [-0.2, -0.15) is 0 Å². The van der Waals surface area contributed by atoms with Gasteiger partial charge in [-0.3, -0.25) is 0 Å². The van der Waals surface area contributed by atoms with Gasteiger partial charge in [0.1, 0.15) is 0 Å². The van der Waals surface area contributed by atoms with E-state index < -0.39 is 0 Å². The lowest BCUT2D eigenvalue weighted by Gasteiger charge is -2.22. The van der Waals surface area contributed by atoms with Crippen molar-refractivity contribution in [3.8, 4) is 56.2 Å². The lowest BCUT2D eigenvalue weighted by atomic mass is 9.89. The van der Waals surface area contributed by atoms with E-state index >= 15 is 0 Å². The normalized spacial score (nSPS) is 11.9. The standard InChI is InChI=1S/C40H22N4S2/c1-3-7-23(8-4-1)39-41-19-25(20-42-39)27-11-15-31-35-29(27)13-17-33-37(35)38-34(45-31)18-14-30-28(12-16-32(46-33)36(30)38)26-21-43-40(44-22-26)24-9-5-2-6-10-24/h1-22H. The van der Waals surface area contributed by atoms with Gasteiger partial charge in [-0.25, -0.2) is 19.9 Å². The first kappa shape index (κ1) is 25.7. The molecule has 0 bridgehead atoms. The first-order chi connectivity index (χ1) is 22.8. The smallest absolute Gasteiger partial charge is 0.159 e. The molecule has 2 aliphatic rings. The van der Waals surface area contributed by atoms with Crippen molar-refractivity contribution in [3.05, 3.63) is 134 Å². The van der Waals surface area contributed by atoms with E-state index in [1.807, 2.05) is 108 Å². The lowest BCUT2D eigenvalue weighted by molar-refractivity contribution is 1.18. The highest BCUT2D eigenvalue weighted by atomic mass is 32.1. The highest BCUT2D eigenvalue weighted by molar-refractivity contribution is 7.27. The summed E-state index contributed by atoms with van der Waals surface area (Å²) in [6.07, 6.45) is 7.82. The molecule has 214 valence electrons. The van der Waals surface area contributed by atoms with Gasteiger partial charge in [-0.05, 0) is 46.2 Å². The number of hydrogen-bond acceptors (Lipinski definition) is 6. The number of aromatic nitrogens is 4. The molecule has 4 nitrogen and oxygen atoms in total. The van der Waals surface area contributed by atoms with E-state index in [2.05, 4.69) is 48.5 Å². The van der Waals surface area contributed by atoms with Crippen LogP contribution >= 0.6 is 22.7 Å². The molecule has 8 aromatic rings. The molecule has 10 rings (SSSR count). The van der Waals surface area contributed by atoms with Crippen molar-refractivity contribution < 1.29 is 0 Å². The Morgan fingerprint density at radius 1 is 0.348 bits per heavy atom. The Balaban J connectivity index is 1.15. The third-order valence-corrected chi connectivity index (χ3v) is 11.1. The fraction of sp³-hybridized carbons (Fsp3) is 0. The first-order valence-corrected chi connectivity index (χ1v) is 16.7. The molecule has 46 heavy (non-hydrogen) atoms. The summed E-state index contributed by atoms with van der Waals surface area (Å²) in [4.78, 5) is 19.0. The third kappa shape index (κ3) is 3.84. The van der Waals surface area contributed by atoms with Crippen LogP contribution in [-0.2, 0) is 0 Å². The van der Waals surface area contributed by atoms with Crippen molar-refractivity contribution in [3.63, 3.8) is 0 Å². The van der Waals surface area contributed by atoms with Gasteiger partial charge in [-0.1, -0.05) is 84.9 Å². The van der Waals surface area contributed by atoms with Crippen LogP contribution in [0.25, 0.3) is 96.5 Å². The summed E-state index contributed by atoms with van der Waals surface area (Å²) in [6, 6.07) is 38.4. The zero-order valence-corrected chi connectivity index (χ0v) is 25.9. The second kappa shape index (κ2) is 9.97. The van der Waals surface area contributed by atoms with Gasteiger partial charge in [-0.15, -0.1) is 22.7 Å². The van der Waals surface area contributed by atoms with Crippen molar-refractivity contribution in [2.45, 2.75) is 0 Å². The van der Waals surface area contributed by atoms with Crippen LogP contribution in [-0.4, -0.2) is 19.9 Å². The molecular weight excluding hydrogens is 601 g/mol. The van der Waals surface area contributed by atoms with Crippen LogP contribution in [0.5, 0.6) is 0 Å². The summed E-state index contributed by atoms with van der Waals surface area (Å²) in [7, 11) is 0. The number of rotatable bonds is 4. The van der Waals surface area contributed by atoms with E-state index in [1.165, 1.54) is 51.5 Å². The summed E-state index contributed by atoms with van der Waals surface area (Å²) >= 11 is 3.73. The van der Waals surface area contributed by atoms with Crippen LogP contribution in [0.1, 0.15) is 0 Å². The maximum absolute atomic E-state index is 4.75. The molecule has 0 unspecified atom stereocenters. The van der Waals surface area contributed by atoms with Crippen LogP contribution in [0, 0.1) is 0 Å². The van der Waals surface area contributed by atoms with Gasteiger partial charge >= 0.3 is 0 Å². The summed E-state index contributed by atoms with van der Waals surface area (Å²) in [5.41, 5.74) is 9.04.